The quantitative estimate of drug-likeness (QED) is 0.142. The number of hydrogen-bond acceptors (Lipinski definition) is 5. The molecule has 1 aliphatic heterocycles. The van der Waals surface area contributed by atoms with Gasteiger partial charge in [0, 0.05) is 12.1 Å². The van der Waals surface area contributed by atoms with E-state index < -0.39 is 10.1 Å². The van der Waals surface area contributed by atoms with E-state index in [0.717, 1.165) is 23.4 Å². The molecule has 0 aromatic heterocycles. The van der Waals surface area contributed by atoms with Crippen molar-refractivity contribution in [2.75, 3.05) is 10.3 Å². The third kappa shape index (κ3) is 10.5. The van der Waals surface area contributed by atoms with E-state index >= 15 is 0 Å². The van der Waals surface area contributed by atoms with Crippen LogP contribution in [0, 0.1) is 0 Å². The van der Waals surface area contributed by atoms with E-state index in [9.17, 15) is 22.6 Å². The fraction of sp³-hybridized carbons (Fsp3) is 0.516. The molecule has 0 spiro atoms. The van der Waals surface area contributed by atoms with Gasteiger partial charge in [-0.3, -0.25) is 14.1 Å². The SMILES string of the molecule is CCCCCCCCCCCCCCCC(=O)Nc1ccc(C2=NN(c3cccc(S(=O)(=O)O)c3)C(=O)C2)cc1. The van der Waals surface area contributed by atoms with Crippen molar-refractivity contribution in [3.63, 3.8) is 0 Å². The topological polar surface area (TPSA) is 116 Å². The Morgan fingerprint density at radius 1 is 0.875 bits per heavy atom. The summed E-state index contributed by atoms with van der Waals surface area (Å²) in [5.41, 5.74) is 2.21. The first-order valence-electron chi connectivity index (χ1n) is 14.7. The molecule has 0 fully saturated rings. The minimum Gasteiger partial charge on any atom is -0.326 e. The van der Waals surface area contributed by atoms with Crippen molar-refractivity contribution in [2.24, 2.45) is 5.10 Å². The van der Waals surface area contributed by atoms with Crippen molar-refractivity contribution < 1.29 is 22.6 Å². The first kappa shape index (κ1) is 31.5. The van der Waals surface area contributed by atoms with Crippen LogP contribution in [-0.2, 0) is 19.7 Å². The molecule has 1 aliphatic rings. The van der Waals surface area contributed by atoms with E-state index in [1.54, 1.807) is 30.3 Å². The lowest BCUT2D eigenvalue weighted by molar-refractivity contribution is -0.117. The lowest BCUT2D eigenvalue weighted by Crippen LogP contribution is -2.19. The normalized spacial score (nSPS) is 13.5. The van der Waals surface area contributed by atoms with Gasteiger partial charge in [-0.1, -0.05) is 102 Å². The van der Waals surface area contributed by atoms with Crippen molar-refractivity contribution in [3.05, 3.63) is 54.1 Å². The van der Waals surface area contributed by atoms with Gasteiger partial charge in [-0.25, -0.2) is 5.01 Å². The van der Waals surface area contributed by atoms with Crippen LogP contribution in [0.3, 0.4) is 0 Å². The maximum absolute atomic E-state index is 12.5. The Kier molecular flexibility index (Phi) is 12.8. The van der Waals surface area contributed by atoms with E-state index in [2.05, 4.69) is 17.3 Å². The minimum absolute atomic E-state index is 0.00546. The number of benzene rings is 2. The first-order valence-corrected chi connectivity index (χ1v) is 16.1. The number of carbonyl (C=O) groups excluding carboxylic acids is 2. The zero-order chi connectivity index (χ0) is 28.8. The molecule has 0 radical (unpaired) electrons. The largest absolute Gasteiger partial charge is 0.326 e. The van der Waals surface area contributed by atoms with Gasteiger partial charge in [-0.05, 0) is 42.3 Å². The molecule has 2 aromatic carbocycles. The van der Waals surface area contributed by atoms with Gasteiger partial charge >= 0.3 is 0 Å². The number of nitrogens with zero attached hydrogens (tertiary/aromatic N) is 2. The molecule has 3 rings (SSSR count). The number of unbranched alkanes of at least 4 members (excludes halogenated alkanes) is 12. The molecule has 2 amide bonds. The number of amides is 2. The molecule has 0 aliphatic carbocycles. The summed E-state index contributed by atoms with van der Waals surface area (Å²) in [5, 5.41) is 8.42. The Hall–Kier alpha value is -3.04. The highest BCUT2D eigenvalue weighted by Crippen LogP contribution is 2.26. The third-order valence-electron chi connectivity index (χ3n) is 7.14. The second-order valence-corrected chi connectivity index (χ2v) is 11.9. The van der Waals surface area contributed by atoms with Crippen LogP contribution in [0.5, 0.6) is 0 Å². The van der Waals surface area contributed by atoms with Crippen LogP contribution in [0.4, 0.5) is 11.4 Å². The summed E-state index contributed by atoms with van der Waals surface area (Å²) in [5.74, 6) is -0.313. The Morgan fingerprint density at radius 3 is 2.02 bits per heavy atom. The lowest BCUT2D eigenvalue weighted by atomic mass is 10.0. The molecule has 2 aromatic rings. The van der Waals surface area contributed by atoms with Crippen molar-refractivity contribution in [3.8, 4) is 0 Å². The van der Waals surface area contributed by atoms with Crippen LogP contribution in [0.2, 0.25) is 0 Å². The first-order chi connectivity index (χ1) is 19.3. The van der Waals surface area contributed by atoms with Crippen LogP contribution >= 0.6 is 0 Å². The molecule has 0 bridgehead atoms. The number of carbonyl (C=O) groups is 2. The van der Waals surface area contributed by atoms with E-state index in [1.165, 1.54) is 88.8 Å². The Morgan fingerprint density at radius 2 is 1.45 bits per heavy atom. The summed E-state index contributed by atoms with van der Waals surface area (Å²) < 4.78 is 32.1. The summed E-state index contributed by atoms with van der Waals surface area (Å²) >= 11 is 0. The lowest BCUT2D eigenvalue weighted by Gasteiger charge is -2.12. The molecular formula is C31H43N3O5S. The molecule has 8 nitrogen and oxygen atoms in total. The van der Waals surface area contributed by atoms with Gasteiger partial charge in [0.25, 0.3) is 16.0 Å². The predicted octanol–water partition coefficient (Wildman–Crippen LogP) is 7.49. The van der Waals surface area contributed by atoms with Gasteiger partial charge in [0.15, 0.2) is 0 Å². The molecule has 40 heavy (non-hydrogen) atoms. The van der Waals surface area contributed by atoms with Gasteiger partial charge in [0.05, 0.1) is 22.7 Å². The van der Waals surface area contributed by atoms with E-state index in [0.29, 0.717) is 17.8 Å². The Labute approximate surface area is 239 Å². The van der Waals surface area contributed by atoms with Crippen molar-refractivity contribution in [1.82, 2.24) is 0 Å². The van der Waals surface area contributed by atoms with Crippen LogP contribution in [0.1, 0.15) is 109 Å². The standard InChI is InChI=1S/C31H43N3O5S/c1-2-3-4-5-6-7-8-9-10-11-12-13-14-18-30(35)32-26-21-19-25(20-22-26)29-24-31(36)34(33-29)27-16-15-17-28(23-27)40(37,38)39/h15-17,19-23H,2-14,18,24H2,1H3,(H,32,35)(H,37,38,39). The van der Waals surface area contributed by atoms with Crippen LogP contribution in [0.15, 0.2) is 58.5 Å². The molecule has 0 atom stereocenters. The Balaban J connectivity index is 1.35. The van der Waals surface area contributed by atoms with E-state index in [4.69, 9.17) is 0 Å². The molecule has 218 valence electrons. The van der Waals surface area contributed by atoms with E-state index in [-0.39, 0.29) is 28.8 Å². The van der Waals surface area contributed by atoms with Crippen LogP contribution in [0.25, 0.3) is 0 Å². The molecule has 9 heteroatoms. The summed E-state index contributed by atoms with van der Waals surface area (Å²) in [7, 11) is -4.39. The van der Waals surface area contributed by atoms with Gasteiger partial charge in [-0.2, -0.15) is 13.5 Å². The van der Waals surface area contributed by atoms with Crippen molar-refractivity contribution >= 4 is 39.0 Å². The molecule has 1 heterocycles. The molecule has 0 saturated carbocycles. The maximum Gasteiger partial charge on any atom is 0.294 e. The highest BCUT2D eigenvalue weighted by molar-refractivity contribution is 7.85. The number of hydrogen-bond donors (Lipinski definition) is 2. The number of anilines is 2. The van der Waals surface area contributed by atoms with E-state index in [1.807, 2.05) is 0 Å². The highest BCUT2D eigenvalue weighted by atomic mass is 32.2. The van der Waals surface area contributed by atoms with Crippen molar-refractivity contribution in [1.29, 1.82) is 0 Å². The fourth-order valence-corrected chi connectivity index (χ4v) is 5.36. The summed E-state index contributed by atoms with van der Waals surface area (Å²) in [4.78, 5) is 24.6. The second-order valence-electron chi connectivity index (χ2n) is 10.5. The minimum atomic E-state index is -4.39. The van der Waals surface area contributed by atoms with Crippen LogP contribution in [-0.4, -0.2) is 30.5 Å². The maximum atomic E-state index is 12.5. The van der Waals surface area contributed by atoms with Gasteiger partial charge in [-0.15, -0.1) is 0 Å². The van der Waals surface area contributed by atoms with Gasteiger partial charge in [0.2, 0.25) is 5.91 Å². The second kappa shape index (κ2) is 16.3. The highest BCUT2D eigenvalue weighted by Gasteiger charge is 2.27. The summed E-state index contributed by atoms with van der Waals surface area (Å²) in [6, 6.07) is 12.6. The van der Waals surface area contributed by atoms with Gasteiger partial charge < -0.3 is 5.32 Å². The number of hydrazone groups is 1. The summed E-state index contributed by atoms with van der Waals surface area (Å²) in [6.07, 6.45) is 17.1. The molecule has 2 N–H and O–H groups in total. The Bertz CT molecular complexity index is 1240. The zero-order valence-corrected chi connectivity index (χ0v) is 24.4. The van der Waals surface area contributed by atoms with Crippen molar-refractivity contribution in [2.45, 2.75) is 108 Å². The number of nitrogens with one attached hydrogen (secondary N) is 1. The average molecular weight is 570 g/mol. The molecule has 0 unspecified atom stereocenters. The smallest absolute Gasteiger partial charge is 0.294 e. The fourth-order valence-electron chi connectivity index (χ4n) is 4.84. The zero-order valence-electron chi connectivity index (χ0n) is 23.6. The van der Waals surface area contributed by atoms with Gasteiger partial charge in [0.1, 0.15) is 0 Å². The summed E-state index contributed by atoms with van der Waals surface area (Å²) in [6.45, 7) is 2.25. The molecular weight excluding hydrogens is 526 g/mol. The van der Waals surface area contributed by atoms with Crippen LogP contribution < -0.4 is 10.3 Å². The predicted molar refractivity (Wildman–Crippen MR) is 160 cm³/mol. The monoisotopic (exact) mass is 569 g/mol. The molecule has 0 saturated heterocycles. The number of rotatable bonds is 18. The average Bonchev–Trinajstić information content (AvgIpc) is 3.32. The third-order valence-corrected chi connectivity index (χ3v) is 7.99.